The average molecular weight is 196 g/mol. The minimum Gasteiger partial charge on any atom is -0.491 e. The van der Waals surface area contributed by atoms with Gasteiger partial charge in [-0.15, -0.1) is 0 Å². The standard InChI is InChI=1S/C9H12N2O3/c1-6(2)14-7-3-4-9(11(12)13)8(10)5-7/h3-6H,10H2,1-2H3. The van der Waals surface area contributed by atoms with Gasteiger partial charge in [-0.1, -0.05) is 0 Å². The van der Waals surface area contributed by atoms with Crippen molar-refractivity contribution in [1.82, 2.24) is 0 Å². The van der Waals surface area contributed by atoms with Gasteiger partial charge in [0.1, 0.15) is 11.4 Å². The number of rotatable bonds is 3. The van der Waals surface area contributed by atoms with Gasteiger partial charge in [-0.05, 0) is 19.9 Å². The van der Waals surface area contributed by atoms with Crippen molar-refractivity contribution < 1.29 is 9.66 Å². The molecule has 5 heteroatoms. The van der Waals surface area contributed by atoms with Crippen molar-refractivity contribution in [2.75, 3.05) is 5.73 Å². The smallest absolute Gasteiger partial charge is 0.292 e. The largest absolute Gasteiger partial charge is 0.491 e. The Bertz CT molecular complexity index is 350. The van der Waals surface area contributed by atoms with Crippen LogP contribution >= 0.6 is 0 Å². The molecule has 0 aromatic heterocycles. The highest BCUT2D eigenvalue weighted by molar-refractivity contribution is 5.60. The molecule has 0 atom stereocenters. The van der Waals surface area contributed by atoms with Gasteiger partial charge in [0.15, 0.2) is 0 Å². The highest BCUT2D eigenvalue weighted by Crippen LogP contribution is 2.26. The lowest BCUT2D eigenvalue weighted by Gasteiger charge is -2.09. The predicted molar refractivity (Wildman–Crippen MR) is 53.3 cm³/mol. The van der Waals surface area contributed by atoms with Crippen molar-refractivity contribution in [3.05, 3.63) is 28.3 Å². The second-order valence-corrected chi connectivity index (χ2v) is 3.14. The minimum absolute atomic E-state index is 0.0239. The van der Waals surface area contributed by atoms with E-state index in [1.165, 1.54) is 18.2 Å². The van der Waals surface area contributed by atoms with Gasteiger partial charge in [0, 0.05) is 12.1 Å². The van der Waals surface area contributed by atoms with Gasteiger partial charge >= 0.3 is 0 Å². The molecule has 0 aliphatic rings. The van der Waals surface area contributed by atoms with Gasteiger partial charge in [0.05, 0.1) is 11.0 Å². The number of nitrogens with two attached hydrogens (primary N) is 1. The molecule has 0 unspecified atom stereocenters. The SMILES string of the molecule is CC(C)Oc1ccc([N+](=O)[O-])c(N)c1. The van der Waals surface area contributed by atoms with Crippen molar-refractivity contribution in [3.63, 3.8) is 0 Å². The number of nitro benzene ring substituents is 1. The normalized spacial score (nSPS) is 10.2. The maximum atomic E-state index is 10.4. The summed E-state index contributed by atoms with van der Waals surface area (Å²) >= 11 is 0. The van der Waals surface area contributed by atoms with E-state index in [0.29, 0.717) is 5.75 Å². The van der Waals surface area contributed by atoms with E-state index in [2.05, 4.69) is 0 Å². The third-order valence-corrected chi connectivity index (χ3v) is 1.57. The zero-order chi connectivity index (χ0) is 10.7. The van der Waals surface area contributed by atoms with E-state index in [4.69, 9.17) is 10.5 Å². The molecule has 2 N–H and O–H groups in total. The summed E-state index contributed by atoms with van der Waals surface area (Å²) in [5, 5.41) is 10.4. The molecule has 1 rings (SSSR count). The zero-order valence-corrected chi connectivity index (χ0v) is 8.06. The lowest BCUT2D eigenvalue weighted by molar-refractivity contribution is -0.383. The van der Waals surface area contributed by atoms with Crippen LogP contribution in [0.1, 0.15) is 13.8 Å². The highest BCUT2D eigenvalue weighted by Gasteiger charge is 2.11. The number of ether oxygens (including phenoxy) is 1. The summed E-state index contributed by atoms with van der Waals surface area (Å²) < 4.78 is 5.33. The molecule has 0 spiro atoms. The molecule has 0 aliphatic carbocycles. The lowest BCUT2D eigenvalue weighted by atomic mass is 10.2. The Hall–Kier alpha value is -1.78. The Morgan fingerprint density at radius 1 is 1.50 bits per heavy atom. The van der Waals surface area contributed by atoms with Gasteiger partial charge < -0.3 is 10.5 Å². The average Bonchev–Trinajstić information content (AvgIpc) is 2.01. The van der Waals surface area contributed by atoms with E-state index >= 15 is 0 Å². The van der Waals surface area contributed by atoms with Gasteiger partial charge in [0.25, 0.3) is 5.69 Å². The van der Waals surface area contributed by atoms with Crippen molar-refractivity contribution in [3.8, 4) is 5.75 Å². The fraction of sp³-hybridized carbons (Fsp3) is 0.333. The van der Waals surface area contributed by atoms with E-state index in [1.807, 2.05) is 13.8 Å². The molecule has 0 aliphatic heterocycles. The topological polar surface area (TPSA) is 78.4 Å². The number of benzene rings is 1. The number of nitrogen functional groups attached to an aromatic ring is 1. The van der Waals surface area contributed by atoms with Crippen LogP contribution in [0, 0.1) is 10.1 Å². The number of nitro groups is 1. The van der Waals surface area contributed by atoms with Crippen molar-refractivity contribution in [2.45, 2.75) is 20.0 Å². The van der Waals surface area contributed by atoms with Crippen LogP contribution in [0.15, 0.2) is 18.2 Å². The Morgan fingerprint density at radius 3 is 2.57 bits per heavy atom. The summed E-state index contributed by atoms with van der Waals surface area (Å²) in [6, 6.07) is 4.33. The van der Waals surface area contributed by atoms with E-state index in [1.54, 1.807) is 0 Å². The van der Waals surface area contributed by atoms with Gasteiger partial charge in [0.2, 0.25) is 0 Å². The second-order valence-electron chi connectivity index (χ2n) is 3.14. The summed E-state index contributed by atoms with van der Waals surface area (Å²) in [5.74, 6) is 0.545. The molecule has 0 bridgehead atoms. The van der Waals surface area contributed by atoms with Crippen LogP contribution in [0.5, 0.6) is 5.75 Å². The molecule has 76 valence electrons. The lowest BCUT2D eigenvalue weighted by Crippen LogP contribution is -2.06. The molecule has 1 aromatic rings. The third-order valence-electron chi connectivity index (χ3n) is 1.57. The van der Waals surface area contributed by atoms with E-state index in [9.17, 15) is 10.1 Å². The quantitative estimate of drug-likeness (QED) is 0.455. The summed E-state index contributed by atoms with van der Waals surface area (Å²) in [6.07, 6.45) is 0.0239. The van der Waals surface area contributed by atoms with Crippen LogP contribution < -0.4 is 10.5 Å². The van der Waals surface area contributed by atoms with E-state index in [-0.39, 0.29) is 17.5 Å². The van der Waals surface area contributed by atoms with Gasteiger partial charge in [-0.25, -0.2) is 0 Å². The molecule has 14 heavy (non-hydrogen) atoms. The zero-order valence-electron chi connectivity index (χ0n) is 8.06. The van der Waals surface area contributed by atoms with Crippen LogP contribution in [-0.4, -0.2) is 11.0 Å². The molecule has 0 radical (unpaired) electrons. The van der Waals surface area contributed by atoms with Crippen LogP contribution in [0.25, 0.3) is 0 Å². The Labute approximate surface area is 81.6 Å². The van der Waals surface area contributed by atoms with Crippen LogP contribution in [-0.2, 0) is 0 Å². The molecule has 0 saturated carbocycles. The molecular weight excluding hydrogens is 184 g/mol. The fourth-order valence-electron chi connectivity index (χ4n) is 1.04. The predicted octanol–water partition coefficient (Wildman–Crippen LogP) is 1.96. The third kappa shape index (κ3) is 2.35. The van der Waals surface area contributed by atoms with E-state index < -0.39 is 4.92 Å². The van der Waals surface area contributed by atoms with E-state index in [0.717, 1.165) is 0 Å². The number of anilines is 1. The summed E-state index contributed by atoms with van der Waals surface area (Å²) in [4.78, 5) is 9.92. The first-order chi connectivity index (χ1) is 6.50. The Kier molecular flexibility index (Phi) is 2.91. The van der Waals surface area contributed by atoms with Crippen LogP contribution in [0.4, 0.5) is 11.4 Å². The summed E-state index contributed by atoms with van der Waals surface area (Å²) in [7, 11) is 0. The van der Waals surface area contributed by atoms with Crippen LogP contribution in [0.3, 0.4) is 0 Å². The first-order valence-corrected chi connectivity index (χ1v) is 4.21. The van der Waals surface area contributed by atoms with Crippen molar-refractivity contribution in [2.24, 2.45) is 0 Å². The molecule has 0 amide bonds. The minimum atomic E-state index is -0.519. The Balaban J connectivity index is 2.94. The molecule has 1 aromatic carbocycles. The van der Waals surface area contributed by atoms with Gasteiger partial charge in [-0.3, -0.25) is 10.1 Å². The molecule has 0 heterocycles. The molecule has 5 nitrogen and oxygen atoms in total. The molecular formula is C9H12N2O3. The fourth-order valence-corrected chi connectivity index (χ4v) is 1.04. The number of nitrogens with zero attached hydrogens (tertiary/aromatic N) is 1. The molecule has 0 saturated heterocycles. The maximum absolute atomic E-state index is 10.4. The first kappa shape index (κ1) is 10.3. The maximum Gasteiger partial charge on any atom is 0.292 e. The first-order valence-electron chi connectivity index (χ1n) is 4.21. The summed E-state index contributed by atoms with van der Waals surface area (Å²) in [6.45, 7) is 3.75. The number of hydrogen-bond donors (Lipinski definition) is 1. The summed E-state index contributed by atoms with van der Waals surface area (Å²) in [5.41, 5.74) is 5.50. The Morgan fingerprint density at radius 2 is 2.14 bits per heavy atom. The molecule has 0 fully saturated rings. The van der Waals surface area contributed by atoms with Crippen LogP contribution in [0.2, 0.25) is 0 Å². The van der Waals surface area contributed by atoms with Gasteiger partial charge in [-0.2, -0.15) is 0 Å². The second kappa shape index (κ2) is 3.95. The highest BCUT2D eigenvalue weighted by atomic mass is 16.6. The van der Waals surface area contributed by atoms with Crippen molar-refractivity contribution >= 4 is 11.4 Å². The monoisotopic (exact) mass is 196 g/mol. The number of hydrogen-bond acceptors (Lipinski definition) is 4. The van der Waals surface area contributed by atoms with Crippen molar-refractivity contribution in [1.29, 1.82) is 0 Å².